The van der Waals surface area contributed by atoms with Gasteiger partial charge in [0.05, 0.1) is 5.02 Å². The first-order valence-corrected chi connectivity index (χ1v) is 6.68. The van der Waals surface area contributed by atoms with Crippen LogP contribution in [-0.2, 0) is 0 Å². The van der Waals surface area contributed by atoms with Gasteiger partial charge < -0.3 is 5.32 Å². The van der Waals surface area contributed by atoms with Crippen molar-refractivity contribution >= 4 is 23.1 Å². The largest absolute Gasteiger partial charge is 0.361 e. The second-order valence-corrected chi connectivity index (χ2v) is 4.82. The van der Waals surface area contributed by atoms with Crippen molar-refractivity contribution in [3.63, 3.8) is 0 Å². The quantitative estimate of drug-likeness (QED) is 0.637. The van der Waals surface area contributed by atoms with E-state index in [0.717, 1.165) is 6.07 Å². The number of ketones is 1. The lowest BCUT2D eigenvalue weighted by atomic mass is 10.0. The van der Waals surface area contributed by atoms with Crippen LogP contribution in [0, 0.1) is 17.5 Å². The highest BCUT2D eigenvalue weighted by atomic mass is 35.5. The third-order valence-electron chi connectivity index (χ3n) is 2.89. The van der Waals surface area contributed by atoms with E-state index in [1.807, 2.05) is 0 Å². The van der Waals surface area contributed by atoms with E-state index in [2.05, 4.69) is 5.32 Å². The predicted octanol–water partition coefficient (Wildman–Crippen LogP) is 4.93. The third kappa shape index (κ3) is 3.31. The molecule has 0 spiro atoms. The number of hydrogen-bond acceptors (Lipinski definition) is 2. The van der Waals surface area contributed by atoms with Crippen molar-refractivity contribution in [3.05, 3.63) is 76.2 Å². The van der Waals surface area contributed by atoms with Gasteiger partial charge >= 0.3 is 0 Å². The Kier molecular flexibility index (Phi) is 4.88. The summed E-state index contributed by atoms with van der Waals surface area (Å²) in [6.07, 6.45) is 3.24. The Morgan fingerprint density at radius 1 is 1.09 bits per heavy atom. The molecule has 2 aromatic carbocycles. The lowest BCUT2D eigenvalue weighted by Gasteiger charge is -2.10. The highest BCUT2D eigenvalue weighted by molar-refractivity contribution is 6.35. The Morgan fingerprint density at radius 2 is 1.77 bits per heavy atom. The summed E-state index contributed by atoms with van der Waals surface area (Å²) in [4.78, 5) is 12.5. The first kappa shape index (κ1) is 16.1. The Bertz CT molecular complexity index is 759. The molecule has 0 bridgehead atoms. The monoisotopic (exact) mass is 325 g/mol. The molecule has 0 aliphatic carbocycles. The summed E-state index contributed by atoms with van der Waals surface area (Å²) in [7, 11) is 0. The Morgan fingerprint density at radius 3 is 2.45 bits per heavy atom. The fourth-order valence-electron chi connectivity index (χ4n) is 1.84. The van der Waals surface area contributed by atoms with E-state index in [-0.39, 0.29) is 16.1 Å². The van der Waals surface area contributed by atoms with E-state index in [1.165, 1.54) is 12.1 Å². The zero-order valence-electron chi connectivity index (χ0n) is 11.5. The minimum absolute atomic E-state index is 0.0361. The maximum Gasteiger partial charge on any atom is 0.196 e. The summed E-state index contributed by atoms with van der Waals surface area (Å²) in [6.45, 7) is 1.75. The van der Waals surface area contributed by atoms with Crippen LogP contribution >= 0.6 is 11.6 Å². The van der Waals surface area contributed by atoms with Crippen molar-refractivity contribution in [2.24, 2.45) is 0 Å². The van der Waals surface area contributed by atoms with Crippen LogP contribution < -0.4 is 5.32 Å². The first-order chi connectivity index (χ1) is 10.4. The molecule has 0 fully saturated rings. The topological polar surface area (TPSA) is 29.1 Å². The van der Waals surface area contributed by atoms with Crippen LogP contribution in [-0.4, -0.2) is 5.78 Å². The lowest BCUT2D eigenvalue weighted by molar-refractivity contribution is 0.103. The molecule has 0 aliphatic rings. The van der Waals surface area contributed by atoms with Gasteiger partial charge in [-0.15, -0.1) is 0 Å². The molecule has 6 heteroatoms. The summed E-state index contributed by atoms with van der Waals surface area (Å²) in [5, 5.41) is 2.56. The smallest absolute Gasteiger partial charge is 0.196 e. The second-order valence-electron chi connectivity index (χ2n) is 4.41. The van der Waals surface area contributed by atoms with E-state index in [1.54, 1.807) is 19.2 Å². The molecule has 2 aromatic rings. The average molecular weight is 326 g/mol. The summed E-state index contributed by atoms with van der Waals surface area (Å²) < 4.78 is 39.8. The van der Waals surface area contributed by atoms with Crippen molar-refractivity contribution < 1.29 is 18.0 Å². The Balaban J connectivity index is 2.53. The van der Waals surface area contributed by atoms with Crippen LogP contribution in [0.4, 0.5) is 18.9 Å². The van der Waals surface area contributed by atoms with Crippen molar-refractivity contribution in [3.8, 4) is 0 Å². The summed E-state index contributed by atoms with van der Waals surface area (Å²) in [6, 6.07) is 4.96. The van der Waals surface area contributed by atoms with Crippen LogP contribution in [0.25, 0.3) is 0 Å². The van der Waals surface area contributed by atoms with Gasteiger partial charge in [0.2, 0.25) is 0 Å². The Labute approximate surface area is 130 Å². The van der Waals surface area contributed by atoms with Gasteiger partial charge in [-0.05, 0) is 43.5 Å². The molecule has 0 amide bonds. The van der Waals surface area contributed by atoms with Gasteiger partial charge in [-0.1, -0.05) is 17.7 Å². The third-order valence-corrected chi connectivity index (χ3v) is 3.20. The van der Waals surface area contributed by atoms with Crippen LogP contribution in [0.2, 0.25) is 5.02 Å². The summed E-state index contributed by atoms with van der Waals surface area (Å²) in [5.74, 6) is -3.70. The van der Waals surface area contributed by atoms with Gasteiger partial charge in [0.15, 0.2) is 17.4 Å². The number of benzene rings is 2. The van der Waals surface area contributed by atoms with Crippen molar-refractivity contribution in [1.82, 2.24) is 0 Å². The predicted molar refractivity (Wildman–Crippen MR) is 79.6 cm³/mol. The van der Waals surface area contributed by atoms with Crippen LogP contribution in [0.3, 0.4) is 0 Å². The molecule has 0 radical (unpaired) electrons. The standard InChI is InChI=1S/C16H11ClF3NO/c1-2-5-21-15-4-3-9(18)6-11(15)16(22)10-7-13(19)14(20)8-12(10)17/h2-8,21H,1H3/b5-2+. The molecular weight excluding hydrogens is 315 g/mol. The zero-order valence-corrected chi connectivity index (χ0v) is 12.2. The molecule has 0 aromatic heterocycles. The molecule has 22 heavy (non-hydrogen) atoms. The molecule has 114 valence electrons. The van der Waals surface area contributed by atoms with E-state index < -0.39 is 23.2 Å². The van der Waals surface area contributed by atoms with Crippen LogP contribution in [0.5, 0.6) is 0 Å². The van der Waals surface area contributed by atoms with E-state index in [4.69, 9.17) is 11.6 Å². The van der Waals surface area contributed by atoms with Crippen molar-refractivity contribution in [1.29, 1.82) is 0 Å². The summed E-state index contributed by atoms with van der Waals surface area (Å²) >= 11 is 5.79. The van der Waals surface area contributed by atoms with Gasteiger partial charge in [0.1, 0.15) is 5.82 Å². The maximum absolute atomic E-state index is 13.4. The first-order valence-electron chi connectivity index (χ1n) is 6.30. The lowest BCUT2D eigenvalue weighted by Crippen LogP contribution is -2.07. The van der Waals surface area contributed by atoms with Crippen LogP contribution in [0.15, 0.2) is 42.6 Å². The molecule has 0 heterocycles. The average Bonchev–Trinajstić information content (AvgIpc) is 2.49. The second kappa shape index (κ2) is 6.66. The van der Waals surface area contributed by atoms with Gasteiger partial charge in [0.25, 0.3) is 0 Å². The maximum atomic E-state index is 13.4. The number of hydrogen-bond donors (Lipinski definition) is 1. The number of nitrogens with one attached hydrogen (secondary N) is 1. The van der Waals surface area contributed by atoms with E-state index in [0.29, 0.717) is 17.8 Å². The normalized spacial score (nSPS) is 11.0. The molecule has 2 nitrogen and oxygen atoms in total. The number of halogens is 4. The molecule has 0 saturated heterocycles. The minimum atomic E-state index is -1.20. The number of anilines is 1. The SMILES string of the molecule is C/C=C/Nc1ccc(F)cc1C(=O)c1cc(F)c(F)cc1Cl. The molecule has 0 aliphatic heterocycles. The van der Waals surface area contributed by atoms with Gasteiger partial charge in [0, 0.05) is 16.8 Å². The summed E-state index contributed by atoms with van der Waals surface area (Å²) in [5.41, 5.74) is 0.0472. The number of carbonyl (C=O) groups is 1. The van der Waals surface area contributed by atoms with Crippen molar-refractivity contribution in [2.45, 2.75) is 6.92 Å². The fraction of sp³-hybridized carbons (Fsp3) is 0.0625. The van der Waals surface area contributed by atoms with Gasteiger partial charge in [-0.3, -0.25) is 4.79 Å². The fourth-order valence-corrected chi connectivity index (χ4v) is 2.08. The molecule has 1 N–H and O–H groups in total. The highest BCUT2D eigenvalue weighted by Crippen LogP contribution is 2.26. The number of rotatable bonds is 4. The van der Waals surface area contributed by atoms with E-state index >= 15 is 0 Å². The van der Waals surface area contributed by atoms with Gasteiger partial charge in [-0.25, -0.2) is 13.2 Å². The molecule has 0 saturated carbocycles. The molecule has 0 atom stereocenters. The number of carbonyl (C=O) groups excluding carboxylic acids is 1. The molecule has 2 rings (SSSR count). The highest BCUT2D eigenvalue weighted by Gasteiger charge is 2.19. The molecule has 0 unspecified atom stereocenters. The Hall–Kier alpha value is -2.27. The van der Waals surface area contributed by atoms with E-state index in [9.17, 15) is 18.0 Å². The van der Waals surface area contributed by atoms with Crippen LogP contribution in [0.1, 0.15) is 22.8 Å². The van der Waals surface area contributed by atoms with Crippen molar-refractivity contribution in [2.75, 3.05) is 5.32 Å². The number of allylic oxidation sites excluding steroid dienone is 1. The molecular formula is C16H11ClF3NO. The van der Waals surface area contributed by atoms with Gasteiger partial charge in [-0.2, -0.15) is 0 Å². The minimum Gasteiger partial charge on any atom is -0.361 e. The zero-order chi connectivity index (χ0) is 16.3.